The number of aromatic nitrogens is 1. The zero-order valence-corrected chi connectivity index (χ0v) is 14.4. The number of guanidine groups is 1. The molecule has 136 valence electrons. The smallest absolute Gasteiger partial charge is 0.211 e. The largest absolute Gasteiger partial charge is 0.508 e. The van der Waals surface area contributed by atoms with Crippen molar-refractivity contribution in [2.45, 2.75) is 6.04 Å². The first-order valence-corrected chi connectivity index (χ1v) is 8.24. The highest BCUT2D eigenvalue weighted by molar-refractivity contribution is 5.99. The molecule has 7 N–H and O–H groups in total. The number of nitrogens with two attached hydrogens (primary N) is 2. The average Bonchev–Trinajstić information content (AvgIpc) is 2.67. The van der Waals surface area contributed by atoms with Gasteiger partial charge in [-0.25, -0.2) is 9.98 Å². The summed E-state index contributed by atoms with van der Waals surface area (Å²) in [6, 6.07) is 12.0. The summed E-state index contributed by atoms with van der Waals surface area (Å²) in [7, 11) is 0. The van der Waals surface area contributed by atoms with Crippen molar-refractivity contribution in [2.24, 2.45) is 4.99 Å². The first-order valence-electron chi connectivity index (χ1n) is 8.24. The molecule has 2 aromatic carbocycles. The van der Waals surface area contributed by atoms with Crippen molar-refractivity contribution in [3.63, 3.8) is 0 Å². The standard InChI is InChI=1S/C19H14N8O/c20-7-11-15(22)14-16(25-19(24-8-21)27-18(14)26-17(11)23)13-10-4-2-1-3-9(10)5-6-12(13)28/h1-6,16,28H,(H6,22,23,24,25,26,27). The summed E-state index contributed by atoms with van der Waals surface area (Å²) in [5, 5.41) is 36.0. The van der Waals surface area contributed by atoms with Gasteiger partial charge in [-0.15, -0.1) is 0 Å². The first kappa shape index (κ1) is 16.9. The average molecular weight is 370 g/mol. The number of rotatable bonds is 1. The summed E-state index contributed by atoms with van der Waals surface area (Å²) in [6.45, 7) is 0. The Hall–Kier alpha value is -4.50. The molecule has 1 unspecified atom stereocenters. The zero-order chi connectivity index (χ0) is 19.8. The van der Waals surface area contributed by atoms with Crippen molar-refractivity contribution < 1.29 is 5.11 Å². The van der Waals surface area contributed by atoms with Crippen LogP contribution in [-0.4, -0.2) is 16.1 Å². The number of phenols is 1. The highest BCUT2D eigenvalue weighted by Crippen LogP contribution is 2.45. The zero-order valence-electron chi connectivity index (χ0n) is 14.4. The van der Waals surface area contributed by atoms with Gasteiger partial charge in [0.15, 0.2) is 6.19 Å². The van der Waals surface area contributed by atoms with E-state index in [0.29, 0.717) is 11.1 Å². The van der Waals surface area contributed by atoms with Crippen LogP contribution < -0.4 is 22.1 Å². The number of benzene rings is 2. The van der Waals surface area contributed by atoms with Gasteiger partial charge in [-0.05, 0) is 16.8 Å². The molecule has 1 atom stereocenters. The molecule has 0 bridgehead atoms. The molecule has 1 aliphatic heterocycles. The third kappa shape index (κ3) is 2.47. The lowest BCUT2D eigenvalue weighted by Crippen LogP contribution is -2.32. The van der Waals surface area contributed by atoms with Gasteiger partial charge in [-0.2, -0.15) is 10.5 Å². The number of pyridine rings is 1. The lowest BCUT2D eigenvalue weighted by atomic mass is 9.91. The van der Waals surface area contributed by atoms with E-state index in [9.17, 15) is 10.4 Å². The molecule has 9 nitrogen and oxygen atoms in total. The van der Waals surface area contributed by atoms with Crippen LogP contribution in [0.2, 0.25) is 0 Å². The fourth-order valence-corrected chi connectivity index (χ4v) is 3.36. The van der Waals surface area contributed by atoms with Crippen LogP contribution in [0, 0.1) is 22.8 Å². The molecule has 0 amide bonds. The van der Waals surface area contributed by atoms with Gasteiger partial charge in [0.2, 0.25) is 5.96 Å². The van der Waals surface area contributed by atoms with Gasteiger partial charge in [0.05, 0.1) is 5.69 Å². The van der Waals surface area contributed by atoms with Crippen molar-refractivity contribution in [2.75, 3.05) is 16.8 Å². The third-order valence-corrected chi connectivity index (χ3v) is 4.58. The number of nitriles is 2. The second kappa shape index (κ2) is 6.34. The topological polar surface area (TPSA) is 169 Å². The molecule has 3 aromatic rings. The van der Waals surface area contributed by atoms with Crippen LogP contribution in [0.25, 0.3) is 10.8 Å². The van der Waals surface area contributed by atoms with Crippen LogP contribution in [0.5, 0.6) is 5.75 Å². The Balaban J connectivity index is 2.07. The molecule has 0 saturated carbocycles. The van der Waals surface area contributed by atoms with Gasteiger partial charge in [0, 0.05) is 11.1 Å². The molecule has 0 aliphatic carbocycles. The summed E-state index contributed by atoms with van der Waals surface area (Å²) in [6.07, 6.45) is 1.80. The van der Waals surface area contributed by atoms with Gasteiger partial charge in [0.25, 0.3) is 0 Å². The van der Waals surface area contributed by atoms with Gasteiger partial charge >= 0.3 is 0 Å². The molecule has 4 rings (SSSR count). The van der Waals surface area contributed by atoms with E-state index in [1.807, 2.05) is 30.3 Å². The molecule has 1 aliphatic rings. The predicted molar refractivity (Wildman–Crippen MR) is 105 cm³/mol. The Morgan fingerprint density at radius 1 is 1.11 bits per heavy atom. The Bertz CT molecular complexity index is 1240. The minimum atomic E-state index is -0.807. The minimum Gasteiger partial charge on any atom is -0.508 e. The first-order chi connectivity index (χ1) is 13.5. The van der Waals surface area contributed by atoms with E-state index < -0.39 is 6.04 Å². The minimum absolute atomic E-state index is 0.00587. The number of hydrogen-bond acceptors (Lipinski definition) is 9. The monoisotopic (exact) mass is 370 g/mol. The van der Waals surface area contributed by atoms with E-state index in [1.165, 1.54) is 0 Å². The van der Waals surface area contributed by atoms with Gasteiger partial charge in [0.1, 0.15) is 35.1 Å². The number of anilines is 3. The number of nitrogens with one attached hydrogen (secondary N) is 2. The fraction of sp³-hybridized carbons (Fsp3) is 0.0526. The molecule has 1 aromatic heterocycles. The van der Waals surface area contributed by atoms with Crippen LogP contribution in [-0.2, 0) is 0 Å². The lowest BCUT2D eigenvalue weighted by Gasteiger charge is -2.27. The number of fused-ring (bicyclic) bond motifs is 2. The van der Waals surface area contributed by atoms with Gasteiger partial charge < -0.3 is 21.9 Å². The van der Waals surface area contributed by atoms with Crippen LogP contribution in [0.4, 0.5) is 17.3 Å². The quantitative estimate of drug-likeness (QED) is 0.319. The molecule has 9 heteroatoms. The number of aromatic hydroxyl groups is 1. The predicted octanol–water partition coefficient (Wildman–Crippen LogP) is 1.92. The number of nitrogens with zero attached hydrogens (tertiary/aromatic N) is 4. The Morgan fingerprint density at radius 2 is 1.89 bits per heavy atom. The summed E-state index contributed by atoms with van der Waals surface area (Å²) >= 11 is 0. The molecular formula is C19H14N8O. The van der Waals surface area contributed by atoms with Crippen LogP contribution in [0.1, 0.15) is 22.7 Å². The van der Waals surface area contributed by atoms with Crippen LogP contribution >= 0.6 is 0 Å². The molecule has 0 saturated heterocycles. The fourth-order valence-electron chi connectivity index (χ4n) is 3.36. The SMILES string of the molecule is N#CNC1=NC(c2c(O)ccc3ccccc23)c2c(nc(N)c(C#N)c2N)N1. The Morgan fingerprint density at radius 3 is 2.64 bits per heavy atom. The maximum absolute atomic E-state index is 10.6. The summed E-state index contributed by atoms with van der Waals surface area (Å²) in [5.74, 6) is 0.360. The second-order valence-electron chi connectivity index (χ2n) is 6.12. The molecule has 0 spiro atoms. The summed E-state index contributed by atoms with van der Waals surface area (Å²) in [4.78, 5) is 8.72. The maximum atomic E-state index is 10.6. The number of phenolic OH excluding ortho intramolecular Hbond substituents is 1. The van der Waals surface area contributed by atoms with E-state index in [-0.39, 0.29) is 34.6 Å². The van der Waals surface area contributed by atoms with Crippen molar-refractivity contribution in [3.8, 4) is 18.0 Å². The summed E-state index contributed by atoms with van der Waals surface area (Å²) < 4.78 is 0. The van der Waals surface area contributed by atoms with E-state index in [0.717, 1.165) is 10.8 Å². The van der Waals surface area contributed by atoms with Gasteiger partial charge in [-0.3, -0.25) is 5.32 Å². The third-order valence-electron chi connectivity index (χ3n) is 4.58. The summed E-state index contributed by atoms with van der Waals surface area (Å²) in [5.41, 5.74) is 13.1. The highest BCUT2D eigenvalue weighted by atomic mass is 16.3. The van der Waals surface area contributed by atoms with Crippen molar-refractivity contribution in [1.82, 2.24) is 10.3 Å². The molecule has 0 radical (unpaired) electrons. The van der Waals surface area contributed by atoms with Crippen LogP contribution in [0.15, 0.2) is 41.4 Å². The van der Waals surface area contributed by atoms with Gasteiger partial charge in [-0.1, -0.05) is 30.3 Å². The van der Waals surface area contributed by atoms with E-state index in [1.54, 1.807) is 18.3 Å². The van der Waals surface area contributed by atoms with E-state index in [2.05, 4.69) is 20.6 Å². The lowest BCUT2D eigenvalue weighted by molar-refractivity contribution is 0.466. The maximum Gasteiger partial charge on any atom is 0.211 e. The molecular weight excluding hydrogens is 356 g/mol. The van der Waals surface area contributed by atoms with Crippen LogP contribution in [0.3, 0.4) is 0 Å². The highest BCUT2D eigenvalue weighted by Gasteiger charge is 2.32. The number of aliphatic imine (C=N–C) groups is 1. The van der Waals surface area contributed by atoms with E-state index >= 15 is 0 Å². The molecule has 2 heterocycles. The molecule has 28 heavy (non-hydrogen) atoms. The van der Waals surface area contributed by atoms with E-state index in [4.69, 9.17) is 16.7 Å². The van der Waals surface area contributed by atoms with Crippen molar-refractivity contribution in [1.29, 1.82) is 10.5 Å². The number of hydrogen-bond donors (Lipinski definition) is 5. The Labute approximate surface area is 159 Å². The normalized spacial score (nSPS) is 14.9. The van der Waals surface area contributed by atoms with Crippen molar-refractivity contribution >= 4 is 34.1 Å². The number of nitrogen functional groups attached to an aromatic ring is 2. The second-order valence-corrected chi connectivity index (χ2v) is 6.12. The molecule has 0 fully saturated rings. The van der Waals surface area contributed by atoms with Crippen molar-refractivity contribution in [3.05, 3.63) is 53.1 Å². The Kier molecular flexibility index (Phi) is 3.84.